The first-order chi connectivity index (χ1) is 17.3. The van der Waals surface area contributed by atoms with Crippen LogP contribution in [0.25, 0.3) is 0 Å². The van der Waals surface area contributed by atoms with Crippen LogP contribution in [0.15, 0.2) is 91.3 Å². The van der Waals surface area contributed by atoms with Crippen molar-refractivity contribution in [2.75, 3.05) is 0 Å². The second kappa shape index (κ2) is 12.1. The Morgan fingerprint density at radius 3 is 1.65 bits per heavy atom. The average molecular weight is 537 g/mol. The topological polar surface area (TPSA) is 42.4 Å². The van der Waals surface area contributed by atoms with Crippen LogP contribution in [0, 0.1) is 0 Å². The lowest BCUT2D eigenvalue weighted by molar-refractivity contribution is 0.220. The molecule has 1 N–H and O–H groups in total. The zero-order valence-corrected chi connectivity index (χ0v) is 23.8. The molecule has 3 aromatic carbocycles. The van der Waals surface area contributed by atoms with Gasteiger partial charge in [0.1, 0.15) is 17.6 Å². The number of rotatable bonds is 4. The lowest BCUT2D eigenvalue weighted by Gasteiger charge is -2.20. The minimum atomic E-state index is -0.779. The SMILES string of the molecule is CC(C)(C)c1ccc(Oc2ccc(C(C)(C)C)cc2)cc1.OC(c1cccnc1)c1ccc(Cl)cc1Cl. The summed E-state index contributed by atoms with van der Waals surface area (Å²) in [5.41, 5.74) is 4.31. The molecule has 4 aromatic rings. The number of aromatic nitrogens is 1. The maximum atomic E-state index is 10.1. The number of hydrogen-bond acceptors (Lipinski definition) is 3. The summed E-state index contributed by atoms with van der Waals surface area (Å²) in [5.74, 6) is 1.76. The predicted octanol–water partition coefficient (Wildman–Crippen LogP) is 9.54. The number of aliphatic hydroxyl groups excluding tert-OH is 1. The van der Waals surface area contributed by atoms with E-state index in [0.29, 0.717) is 21.2 Å². The lowest BCUT2D eigenvalue weighted by Crippen LogP contribution is -2.10. The van der Waals surface area contributed by atoms with Crippen LogP contribution in [-0.2, 0) is 10.8 Å². The van der Waals surface area contributed by atoms with E-state index in [1.807, 2.05) is 24.3 Å². The van der Waals surface area contributed by atoms with Crippen molar-refractivity contribution in [3.05, 3.63) is 124 Å². The lowest BCUT2D eigenvalue weighted by atomic mass is 9.87. The highest BCUT2D eigenvalue weighted by atomic mass is 35.5. The van der Waals surface area contributed by atoms with Gasteiger partial charge in [-0.3, -0.25) is 4.98 Å². The summed E-state index contributed by atoms with van der Waals surface area (Å²) in [6.45, 7) is 13.3. The molecule has 5 heteroatoms. The van der Waals surface area contributed by atoms with E-state index in [1.54, 1.807) is 42.7 Å². The van der Waals surface area contributed by atoms with Crippen molar-refractivity contribution < 1.29 is 9.84 Å². The van der Waals surface area contributed by atoms with Gasteiger partial charge in [-0.2, -0.15) is 0 Å². The molecule has 0 aliphatic heterocycles. The fourth-order valence-corrected chi connectivity index (χ4v) is 4.13. The van der Waals surface area contributed by atoms with Gasteiger partial charge in [0.2, 0.25) is 0 Å². The maximum Gasteiger partial charge on any atom is 0.127 e. The summed E-state index contributed by atoms with van der Waals surface area (Å²) in [5, 5.41) is 11.1. The van der Waals surface area contributed by atoms with E-state index >= 15 is 0 Å². The van der Waals surface area contributed by atoms with Crippen molar-refractivity contribution in [3.8, 4) is 11.5 Å². The normalized spacial score (nSPS) is 12.4. The second-order valence-corrected chi connectivity index (χ2v) is 11.8. The molecule has 1 aromatic heterocycles. The standard InChI is InChI=1S/C20H26O.C12H9Cl2NO/c1-19(2,3)15-7-11-17(12-8-15)21-18-13-9-16(10-14-18)20(4,5)6;13-9-3-4-10(11(14)6-9)12(16)8-2-1-5-15-7-8/h7-14H,1-6H3;1-7,12,16H. The predicted molar refractivity (Wildman–Crippen MR) is 155 cm³/mol. The second-order valence-electron chi connectivity index (χ2n) is 11.0. The summed E-state index contributed by atoms with van der Waals surface area (Å²) in [6.07, 6.45) is 2.48. The van der Waals surface area contributed by atoms with Crippen LogP contribution < -0.4 is 4.74 Å². The number of aliphatic hydroxyl groups is 1. The van der Waals surface area contributed by atoms with Gasteiger partial charge in [0.05, 0.1) is 0 Å². The average Bonchev–Trinajstić information content (AvgIpc) is 2.84. The van der Waals surface area contributed by atoms with Gasteiger partial charge in [-0.05, 0) is 64.4 Å². The Bertz CT molecular complexity index is 1220. The Morgan fingerprint density at radius 2 is 1.24 bits per heavy atom. The molecule has 0 amide bonds. The van der Waals surface area contributed by atoms with Crippen molar-refractivity contribution in [2.24, 2.45) is 0 Å². The Kier molecular flexibility index (Phi) is 9.41. The molecule has 194 valence electrons. The van der Waals surface area contributed by atoms with E-state index in [1.165, 1.54) is 11.1 Å². The summed E-state index contributed by atoms with van der Waals surface area (Å²) in [6, 6.07) is 25.3. The van der Waals surface area contributed by atoms with Gasteiger partial charge in [-0.1, -0.05) is 101 Å². The molecule has 0 aliphatic carbocycles. The van der Waals surface area contributed by atoms with Crippen LogP contribution in [0.1, 0.15) is 69.9 Å². The monoisotopic (exact) mass is 535 g/mol. The molecule has 1 atom stereocenters. The number of pyridine rings is 1. The number of halogens is 2. The van der Waals surface area contributed by atoms with Crippen LogP contribution in [0.5, 0.6) is 11.5 Å². The number of ether oxygens (including phenoxy) is 1. The summed E-state index contributed by atoms with van der Waals surface area (Å²) < 4.78 is 5.91. The highest BCUT2D eigenvalue weighted by molar-refractivity contribution is 6.35. The Hall–Kier alpha value is -2.85. The van der Waals surface area contributed by atoms with E-state index in [4.69, 9.17) is 27.9 Å². The molecule has 3 nitrogen and oxygen atoms in total. The third kappa shape index (κ3) is 8.33. The van der Waals surface area contributed by atoms with Gasteiger partial charge in [0.25, 0.3) is 0 Å². The minimum Gasteiger partial charge on any atom is -0.457 e. The van der Waals surface area contributed by atoms with Gasteiger partial charge in [-0.15, -0.1) is 0 Å². The van der Waals surface area contributed by atoms with E-state index in [-0.39, 0.29) is 10.8 Å². The number of benzene rings is 3. The Labute approximate surface area is 231 Å². The first kappa shape index (κ1) is 28.7. The van der Waals surface area contributed by atoms with Crippen LogP contribution in [0.4, 0.5) is 0 Å². The molecule has 0 saturated carbocycles. The Balaban J connectivity index is 0.000000213. The first-order valence-electron chi connectivity index (χ1n) is 12.3. The fraction of sp³-hybridized carbons (Fsp3) is 0.281. The van der Waals surface area contributed by atoms with Gasteiger partial charge < -0.3 is 9.84 Å². The number of hydrogen-bond donors (Lipinski definition) is 1. The van der Waals surface area contributed by atoms with Crippen LogP contribution in [0.3, 0.4) is 0 Å². The molecular formula is C32H35Cl2NO2. The van der Waals surface area contributed by atoms with Crippen LogP contribution in [0.2, 0.25) is 10.0 Å². The van der Waals surface area contributed by atoms with Crippen molar-refractivity contribution >= 4 is 23.2 Å². The third-order valence-electron chi connectivity index (χ3n) is 5.93. The molecule has 1 heterocycles. The Morgan fingerprint density at radius 1 is 0.730 bits per heavy atom. The number of nitrogens with zero attached hydrogens (tertiary/aromatic N) is 1. The van der Waals surface area contributed by atoms with E-state index in [2.05, 4.69) is 70.8 Å². The zero-order chi connectivity index (χ0) is 27.2. The molecule has 0 aliphatic rings. The quantitative estimate of drug-likeness (QED) is 0.282. The largest absolute Gasteiger partial charge is 0.457 e. The van der Waals surface area contributed by atoms with E-state index in [0.717, 1.165) is 11.5 Å². The van der Waals surface area contributed by atoms with Gasteiger partial charge >= 0.3 is 0 Å². The molecule has 0 spiro atoms. The molecule has 4 rings (SSSR count). The van der Waals surface area contributed by atoms with E-state index in [9.17, 15) is 5.11 Å². The van der Waals surface area contributed by atoms with E-state index < -0.39 is 6.10 Å². The fourth-order valence-electron chi connectivity index (χ4n) is 3.62. The molecule has 1 unspecified atom stereocenters. The summed E-state index contributed by atoms with van der Waals surface area (Å²) >= 11 is 11.8. The molecule has 0 fully saturated rings. The first-order valence-corrected chi connectivity index (χ1v) is 13.0. The minimum absolute atomic E-state index is 0.173. The van der Waals surface area contributed by atoms with Gasteiger partial charge in [-0.25, -0.2) is 0 Å². The third-order valence-corrected chi connectivity index (χ3v) is 6.50. The van der Waals surface area contributed by atoms with Crippen LogP contribution in [-0.4, -0.2) is 10.1 Å². The smallest absolute Gasteiger partial charge is 0.127 e. The van der Waals surface area contributed by atoms with Gasteiger partial charge in [0.15, 0.2) is 0 Å². The highest BCUT2D eigenvalue weighted by Crippen LogP contribution is 2.30. The van der Waals surface area contributed by atoms with Gasteiger partial charge in [0, 0.05) is 33.6 Å². The molecule has 0 bridgehead atoms. The molecular weight excluding hydrogens is 501 g/mol. The molecule has 0 radical (unpaired) electrons. The highest BCUT2D eigenvalue weighted by Gasteiger charge is 2.15. The summed E-state index contributed by atoms with van der Waals surface area (Å²) in [4.78, 5) is 3.95. The molecule has 0 saturated heterocycles. The van der Waals surface area contributed by atoms with Crippen LogP contribution >= 0.6 is 23.2 Å². The molecule has 37 heavy (non-hydrogen) atoms. The van der Waals surface area contributed by atoms with Crippen molar-refractivity contribution in [3.63, 3.8) is 0 Å². The maximum absolute atomic E-state index is 10.1. The summed E-state index contributed by atoms with van der Waals surface area (Å²) in [7, 11) is 0. The van der Waals surface area contributed by atoms with Crippen molar-refractivity contribution in [1.29, 1.82) is 0 Å². The van der Waals surface area contributed by atoms with Crippen molar-refractivity contribution in [2.45, 2.75) is 58.5 Å². The zero-order valence-electron chi connectivity index (χ0n) is 22.3. The van der Waals surface area contributed by atoms with Crippen molar-refractivity contribution in [1.82, 2.24) is 4.98 Å².